The number of benzene rings is 2. The van der Waals surface area contributed by atoms with Gasteiger partial charge in [0.2, 0.25) is 0 Å². The van der Waals surface area contributed by atoms with Gasteiger partial charge in [0.15, 0.2) is 0 Å². The van der Waals surface area contributed by atoms with Crippen molar-refractivity contribution in [2.75, 3.05) is 0 Å². The summed E-state index contributed by atoms with van der Waals surface area (Å²) in [6, 6.07) is 14.8. The largest absolute Gasteiger partial charge is 0.343 e. The molecule has 4 heteroatoms. The summed E-state index contributed by atoms with van der Waals surface area (Å²) in [7, 11) is 0. The van der Waals surface area contributed by atoms with E-state index in [2.05, 4.69) is 22.9 Å². The molecular weight excluding hydrogens is 287 g/mol. The average molecular weight is 305 g/mol. The molecule has 0 aliphatic carbocycles. The molecule has 110 valence electrons. The maximum Gasteiger partial charge on any atom is 0.123 e. The van der Waals surface area contributed by atoms with Crippen LogP contribution in [0, 0.1) is 5.82 Å². The van der Waals surface area contributed by atoms with Gasteiger partial charge in [0.1, 0.15) is 5.82 Å². The first kappa shape index (κ1) is 15.5. The third-order valence-electron chi connectivity index (χ3n) is 3.58. The molecule has 3 aromatic rings. The predicted octanol–water partition coefficient (Wildman–Crippen LogP) is 4.27. The Hall–Kier alpha value is -1.84. The molecule has 3 rings (SSSR count). The van der Waals surface area contributed by atoms with Gasteiger partial charge in [-0.05, 0) is 36.2 Å². The van der Waals surface area contributed by atoms with E-state index in [1.54, 1.807) is 0 Å². The van der Waals surface area contributed by atoms with E-state index in [-0.39, 0.29) is 24.3 Å². The molecular formula is C17H18ClFN2. The van der Waals surface area contributed by atoms with Crippen molar-refractivity contribution in [3.05, 3.63) is 71.7 Å². The van der Waals surface area contributed by atoms with Crippen molar-refractivity contribution >= 4 is 23.3 Å². The monoisotopic (exact) mass is 304 g/mol. The lowest BCUT2D eigenvalue weighted by molar-refractivity contribution is 0.626. The second-order valence-corrected chi connectivity index (χ2v) is 5.14. The van der Waals surface area contributed by atoms with Gasteiger partial charge in [0.25, 0.3) is 0 Å². The van der Waals surface area contributed by atoms with Crippen LogP contribution in [0.2, 0.25) is 0 Å². The van der Waals surface area contributed by atoms with Crippen molar-refractivity contribution in [1.82, 2.24) is 4.57 Å². The summed E-state index contributed by atoms with van der Waals surface area (Å²) in [4.78, 5) is 0. The number of rotatable bonds is 3. The number of nitrogens with two attached hydrogens (primary N) is 1. The molecule has 0 radical (unpaired) electrons. The minimum absolute atomic E-state index is 0. The molecule has 2 N–H and O–H groups in total. The minimum atomic E-state index is -0.206. The zero-order valence-corrected chi connectivity index (χ0v) is 12.6. The lowest BCUT2D eigenvalue weighted by Crippen LogP contribution is -2.04. The Morgan fingerprint density at radius 1 is 1.10 bits per heavy atom. The Kier molecular flexibility index (Phi) is 4.66. The molecule has 0 fully saturated rings. The van der Waals surface area contributed by atoms with E-state index in [0.29, 0.717) is 6.54 Å². The number of hydrogen-bond donors (Lipinski definition) is 1. The summed E-state index contributed by atoms with van der Waals surface area (Å²) in [5, 5.41) is 1.18. The quantitative estimate of drug-likeness (QED) is 0.769. The zero-order chi connectivity index (χ0) is 14.1. The fourth-order valence-electron chi connectivity index (χ4n) is 2.56. The van der Waals surface area contributed by atoms with Crippen molar-refractivity contribution in [3.8, 4) is 0 Å². The fourth-order valence-corrected chi connectivity index (χ4v) is 2.56. The standard InChI is InChI=1S/C17H17FN2.ClH/c1-12(19)16-11-20(17-5-3-2-4-15(16)17)10-13-6-8-14(18)9-7-13;/h2-9,11-12H,10,19H2,1H3;1H. The molecule has 0 saturated heterocycles. The van der Waals surface area contributed by atoms with E-state index in [4.69, 9.17) is 5.73 Å². The van der Waals surface area contributed by atoms with Gasteiger partial charge in [-0.15, -0.1) is 12.4 Å². The molecule has 1 aromatic heterocycles. The van der Waals surface area contributed by atoms with E-state index in [9.17, 15) is 4.39 Å². The highest BCUT2D eigenvalue weighted by Gasteiger charge is 2.11. The molecule has 21 heavy (non-hydrogen) atoms. The van der Waals surface area contributed by atoms with Crippen LogP contribution >= 0.6 is 12.4 Å². The maximum atomic E-state index is 13.0. The van der Waals surface area contributed by atoms with Gasteiger partial charge in [-0.1, -0.05) is 30.3 Å². The van der Waals surface area contributed by atoms with Crippen LogP contribution < -0.4 is 5.73 Å². The maximum absolute atomic E-state index is 13.0. The molecule has 0 aliphatic rings. The van der Waals surface area contributed by atoms with E-state index < -0.39 is 0 Å². The van der Waals surface area contributed by atoms with Crippen LogP contribution in [0.15, 0.2) is 54.7 Å². The molecule has 0 spiro atoms. The summed E-state index contributed by atoms with van der Waals surface area (Å²) in [6.45, 7) is 2.71. The van der Waals surface area contributed by atoms with Crippen LogP contribution in [-0.2, 0) is 6.54 Å². The van der Waals surface area contributed by atoms with Crippen molar-refractivity contribution in [2.45, 2.75) is 19.5 Å². The molecule has 0 saturated carbocycles. The topological polar surface area (TPSA) is 30.9 Å². The van der Waals surface area contributed by atoms with E-state index in [1.165, 1.54) is 17.5 Å². The van der Waals surface area contributed by atoms with Gasteiger partial charge in [-0.3, -0.25) is 0 Å². The van der Waals surface area contributed by atoms with Crippen molar-refractivity contribution < 1.29 is 4.39 Å². The Labute approximate surface area is 129 Å². The first-order valence-corrected chi connectivity index (χ1v) is 6.73. The average Bonchev–Trinajstić information content (AvgIpc) is 2.81. The second kappa shape index (κ2) is 6.29. The van der Waals surface area contributed by atoms with E-state index >= 15 is 0 Å². The highest BCUT2D eigenvalue weighted by Crippen LogP contribution is 2.26. The van der Waals surface area contributed by atoms with Crippen LogP contribution in [0.1, 0.15) is 24.1 Å². The highest BCUT2D eigenvalue weighted by molar-refractivity contribution is 5.85. The number of nitrogens with zero attached hydrogens (tertiary/aromatic N) is 1. The smallest absolute Gasteiger partial charge is 0.123 e. The van der Waals surface area contributed by atoms with Crippen molar-refractivity contribution in [3.63, 3.8) is 0 Å². The highest BCUT2D eigenvalue weighted by atomic mass is 35.5. The van der Waals surface area contributed by atoms with Gasteiger partial charge >= 0.3 is 0 Å². The lowest BCUT2D eigenvalue weighted by atomic mass is 10.1. The van der Waals surface area contributed by atoms with E-state index in [0.717, 1.165) is 16.6 Å². The van der Waals surface area contributed by atoms with Crippen molar-refractivity contribution in [2.24, 2.45) is 5.73 Å². The SMILES string of the molecule is CC(N)c1cn(Cc2ccc(F)cc2)c2ccccc12.Cl. The van der Waals surface area contributed by atoms with Gasteiger partial charge in [0.05, 0.1) is 0 Å². The third-order valence-corrected chi connectivity index (χ3v) is 3.58. The molecule has 0 aliphatic heterocycles. The molecule has 1 heterocycles. The van der Waals surface area contributed by atoms with Crippen LogP contribution in [0.25, 0.3) is 10.9 Å². The molecule has 1 unspecified atom stereocenters. The van der Waals surface area contributed by atoms with Gasteiger partial charge < -0.3 is 10.3 Å². The Balaban J connectivity index is 0.00000161. The summed E-state index contributed by atoms with van der Waals surface area (Å²) < 4.78 is 15.1. The fraction of sp³-hybridized carbons (Fsp3) is 0.176. The second-order valence-electron chi connectivity index (χ2n) is 5.14. The van der Waals surface area contributed by atoms with Gasteiger partial charge in [0, 0.05) is 29.7 Å². The number of aromatic nitrogens is 1. The number of halogens is 2. The Bertz CT molecular complexity index is 732. The number of fused-ring (bicyclic) bond motifs is 1. The normalized spacial score (nSPS) is 12.1. The zero-order valence-electron chi connectivity index (χ0n) is 11.8. The summed E-state index contributed by atoms with van der Waals surface area (Å²) >= 11 is 0. The summed E-state index contributed by atoms with van der Waals surface area (Å²) in [5.41, 5.74) is 9.41. The predicted molar refractivity (Wildman–Crippen MR) is 87.3 cm³/mol. The molecule has 1 atom stereocenters. The summed E-state index contributed by atoms with van der Waals surface area (Å²) in [6.07, 6.45) is 2.10. The molecule has 0 amide bonds. The Morgan fingerprint density at radius 2 is 1.76 bits per heavy atom. The van der Waals surface area contributed by atoms with Crippen LogP contribution in [0.5, 0.6) is 0 Å². The molecule has 0 bridgehead atoms. The van der Waals surface area contributed by atoms with Crippen LogP contribution in [0.4, 0.5) is 4.39 Å². The first-order chi connectivity index (χ1) is 9.65. The number of para-hydroxylation sites is 1. The number of hydrogen-bond acceptors (Lipinski definition) is 1. The van der Waals surface area contributed by atoms with E-state index in [1.807, 2.05) is 31.2 Å². The Morgan fingerprint density at radius 3 is 2.43 bits per heavy atom. The lowest BCUT2D eigenvalue weighted by Gasteiger charge is -2.05. The first-order valence-electron chi connectivity index (χ1n) is 6.73. The third kappa shape index (κ3) is 3.09. The van der Waals surface area contributed by atoms with Gasteiger partial charge in [-0.25, -0.2) is 4.39 Å². The molecule has 2 nitrogen and oxygen atoms in total. The minimum Gasteiger partial charge on any atom is -0.343 e. The van der Waals surface area contributed by atoms with Gasteiger partial charge in [-0.2, -0.15) is 0 Å². The molecule has 2 aromatic carbocycles. The summed E-state index contributed by atoms with van der Waals surface area (Å²) in [5.74, 6) is -0.206. The van der Waals surface area contributed by atoms with Crippen molar-refractivity contribution in [1.29, 1.82) is 0 Å². The van der Waals surface area contributed by atoms with Crippen LogP contribution in [0.3, 0.4) is 0 Å². The van der Waals surface area contributed by atoms with Crippen LogP contribution in [-0.4, -0.2) is 4.57 Å².